The minimum Gasteiger partial charge on any atom is -0.493 e. The van der Waals surface area contributed by atoms with Gasteiger partial charge in [-0.1, -0.05) is 38.1 Å². The summed E-state index contributed by atoms with van der Waals surface area (Å²) in [6.07, 6.45) is 1.02. The molecule has 0 aliphatic heterocycles. The molecule has 1 atom stereocenters. The molecule has 0 fully saturated rings. The zero-order chi connectivity index (χ0) is 26.5. The molecule has 0 heterocycles. The van der Waals surface area contributed by atoms with Crippen LogP contribution in [0.5, 0.6) is 17.2 Å². The number of nitrogens with one attached hydrogen (secondary N) is 1. The summed E-state index contributed by atoms with van der Waals surface area (Å²) in [6.45, 7) is 5.10. The van der Waals surface area contributed by atoms with E-state index < -0.39 is 11.9 Å². The number of carbonyl (C=O) groups is 3. The zero-order valence-corrected chi connectivity index (χ0v) is 21.0. The fraction of sp³-hybridized carbons (Fsp3) is 0.400. The summed E-state index contributed by atoms with van der Waals surface area (Å²) in [6, 6.07) is 11.7. The molecule has 10 heteroatoms. The first-order valence-corrected chi connectivity index (χ1v) is 10.9. The number of rotatable bonds is 10. The Balaban J connectivity index is 0.000000905. The highest BCUT2D eigenvalue weighted by Gasteiger charge is 2.18. The van der Waals surface area contributed by atoms with Crippen molar-refractivity contribution in [2.45, 2.75) is 32.7 Å². The molecule has 0 bridgehead atoms. The minimum atomic E-state index is -1.82. The van der Waals surface area contributed by atoms with Gasteiger partial charge < -0.3 is 29.7 Å². The number of carbonyl (C=O) groups excluding carboxylic acids is 1. The fourth-order valence-corrected chi connectivity index (χ4v) is 3.33. The quantitative estimate of drug-likeness (QED) is 0.428. The van der Waals surface area contributed by atoms with Crippen LogP contribution in [0.1, 0.15) is 37.3 Å². The molecule has 2 rings (SSSR count). The van der Waals surface area contributed by atoms with Gasteiger partial charge in [-0.2, -0.15) is 0 Å². The number of methoxy groups -OCH3 is 3. The van der Waals surface area contributed by atoms with Gasteiger partial charge in [-0.15, -0.1) is 0 Å². The maximum Gasteiger partial charge on any atom is 0.414 e. The van der Waals surface area contributed by atoms with E-state index >= 15 is 0 Å². The molecule has 0 radical (unpaired) electrons. The Labute approximate surface area is 205 Å². The molecular formula is C25H34N2O8. The minimum absolute atomic E-state index is 0.0531. The Hall–Kier alpha value is -3.79. The molecule has 10 nitrogen and oxygen atoms in total. The first-order chi connectivity index (χ1) is 16.6. The van der Waals surface area contributed by atoms with Crippen LogP contribution in [0.15, 0.2) is 36.4 Å². The number of carboxylic acid groups (broad SMARTS) is 2. The van der Waals surface area contributed by atoms with Gasteiger partial charge in [0.05, 0.1) is 27.9 Å². The second kappa shape index (κ2) is 14.5. The van der Waals surface area contributed by atoms with E-state index in [0.717, 1.165) is 23.2 Å². The molecule has 0 aromatic heterocycles. The molecule has 0 saturated heterocycles. The van der Waals surface area contributed by atoms with Gasteiger partial charge >= 0.3 is 11.9 Å². The SMILES string of the molecule is CCC(C)c1ccccc1NC(=O)CN(C)Cc1ccc(OC)c(OC)c1OC.O=C(O)C(=O)O. The van der Waals surface area contributed by atoms with Crippen molar-refractivity contribution >= 4 is 23.5 Å². The van der Waals surface area contributed by atoms with Crippen LogP contribution in [-0.2, 0) is 20.9 Å². The van der Waals surface area contributed by atoms with E-state index in [1.54, 1.807) is 21.3 Å². The monoisotopic (exact) mass is 490 g/mol. The third-order valence-electron chi connectivity index (χ3n) is 5.20. The van der Waals surface area contributed by atoms with Crippen molar-refractivity contribution < 1.29 is 38.8 Å². The van der Waals surface area contributed by atoms with Crippen LogP contribution in [-0.4, -0.2) is 67.9 Å². The molecule has 0 saturated carbocycles. The number of anilines is 1. The average Bonchev–Trinajstić information content (AvgIpc) is 2.83. The van der Waals surface area contributed by atoms with E-state index in [1.807, 2.05) is 42.3 Å². The highest BCUT2D eigenvalue weighted by Crippen LogP contribution is 2.40. The Morgan fingerprint density at radius 2 is 1.54 bits per heavy atom. The van der Waals surface area contributed by atoms with Gasteiger partial charge in [-0.05, 0) is 37.1 Å². The standard InChI is InChI=1S/C23H32N2O4.C2H2O4/c1-7-16(2)18-10-8-9-11-19(18)24-21(26)15-25(3)14-17-12-13-20(27-4)23(29-6)22(17)28-5;3-1(4)2(5)6/h8-13,16H,7,14-15H2,1-6H3,(H,24,26);(H,3,4)(H,5,6). The number of carboxylic acids is 2. The van der Waals surface area contributed by atoms with Gasteiger partial charge in [0.25, 0.3) is 0 Å². The number of likely N-dealkylation sites (N-methyl/N-ethyl adjacent to an activating group) is 1. The number of ether oxygens (including phenoxy) is 3. The lowest BCUT2D eigenvalue weighted by atomic mass is 9.97. The molecule has 1 unspecified atom stereocenters. The van der Waals surface area contributed by atoms with Crippen molar-refractivity contribution in [3.8, 4) is 17.2 Å². The Morgan fingerprint density at radius 3 is 2.06 bits per heavy atom. The predicted octanol–water partition coefficient (Wildman–Crippen LogP) is 3.45. The number of para-hydroxylation sites is 1. The van der Waals surface area contributed by atoms with Crippen molar-refractivity contribution in [1.29, 1.82) is 0 Å². The number of aliphatic carboxylic acids is 2. The number of nitrogens with zero attached hydrogens (tertiary/aromatic N) is 1. The van der Waals surface area contributed by atoms with E-state index in [2.05, 4.69) is 25.2 Å². The zero-order valence-electron chi connectivity index (χ0n) is 21.0. The van der Waals surface area contributed by atoms with Gasteiger partial charge in [0.2, 0.25) is 11.7 Å². The Kier molecular flexibility index (Phi) is 12.1. The van der Waals surface area contributed by atoms with Crippen LogP contribution in [0.3, 0.4) is 0 Å². The highest BCUT2D eigenvalue weighted by molar-refractivity contribution is 6.27. The third kappa shape index (κ3) is 8.82. The summed E-state index contributed by atoms with van der Waals surface area (Å²) in [5.74, 6) is -1.54. The van der Waals surface area contributed by atoms with Crippen LogP contribution in [0, 0.1) is 0 Å². The van der Waals surface area contributed by atoms with Crippen molar-refractivity contribution in [3.63, 3.8) is 0 Å². The average molecular weight is 491 g/mol. The Bertz CT molecular complexity index is 997. The van der Waals surface area contributed by atoms with E-state index in [9.17, 15) is 4.79 Å². The number of benzene rings is 2. The summed E-state index contributed by atoms with van der Waals surface area (Å²) in [4.78, 5) is 32.8. The molecule has 35 heavy (non-hydrogen) atoms. The van der Waals surface area contributed by atoms with Gasteiger partial charge in [0.15, 0.2) is 11.5 Å². The smallest absolute Gasteiger partial charge is 0.414 e. The molecule has 0 aliphatic carbocycles. The predicted molar refractivity (Wildman–Crippen MR) is 131 cm³/mol. The molecule has 2 aromatic rings. The number of hydrogen-bond donors (Lipinski definition) is 3. The van der Waals surface area contributed by atoms with E-state index in [4.69, 9.17) is 34.0 Å². The summed E-state index contributed by atoms with van der Waals surface area (Å²) in [7, 11) is 6.66. The molecule has 192 valence electrons. The van der Waals surface area contributed by atoms with Crippen LogP contribution in [0.25, 0.3) is 0 Å². The first kappa shape index (κ1) is 29.2. The number of amides is 1. The molecule has 1 amide bonds. The lowest BCUT2D eigenvalue weighted by Gasteiger charge is -2.21. The second-order valence-electron chi connectivity index (χ2n) is 7.72. The molecule has 2 aromatic carbocycles. The van der Waals surface area contributed by atoms with Gasteiger partial charge in [0.1, 0.15) is 0 Å². The van der Waals surface area contributed by atoms with E-state index in [-0.39, 0.29) is 12.5 Å². The molecule has 0 aliphatic rings. The van der Waals surface area contributed by atoms with Crippen LogP contribution < -0.4 is 19.5 Å². The lowest BCUT2D eigenvalue weighted by molar-refractivity contribution is -0.159. The molecular weight excluding hydrogens is 456 g/mol. The topological polar surface area (TPSA) is 135 Å². The van der Waals surface area contributed by atoms with Gasteiger partial charge in [0, 0.05) is 17.8 Å². The normalized spacial score (nSPS) is 11.1. The Morgan fingerprint density at radius 1 is 0.943 bits per heavy atom. The van der Waals surface area contributed by atoms with Crippen LogP contribution >= 0.6 is 0 Å². The van der Waals surface area contributed by atoms with Crippen molar-refractivity contribution in [2.24, 2.45) is 0 Å². The highest BCUT2D eigenvalue weighted by atomic mass is 16.5. The third-order valence-corrected chi connectivity index (χ3v) is 5.20. The molecule has 3 N–H and O–H groups in total. The summed E-state index contributed by atoms with van der Waals surface area (Å²) >= 11 is 0. The maximum atomic E-state index is 12.6. The number of hydrogen-bond acceptors (Lipinski definition) is 7. The summed E-state index contributed by atoms with van der Waals surface area (Å²) < 4.78 is 16.3. The van der Waals surface area contributed by atoms with E-state index in [1.165, 1.54) is 0 Å². The van der Waals surface area contributed by atoms with Crippen molar-refractivity contribution in [1.82, 2.24) is 4.90 Å². The van der Waals surface area contributed by atoms with E-state index in [0.29, 0.717) is 29.7 Å². The van der Waals surface area contributed by atoms with Gasteiger partial charge in [-0.25, -0.2) is 9.59 Å². The first-order valence-electron chi connectivity index (χ1n) is 10.9. The summed E-state index contributed by atoms with van der Waals surface area (Å²) in [5.41, 5.74) is 2.96. The molecule has 0 spiro atoms. The van der Waals surface area contributed by atoms with Crippen LogP contribution in [0.4, 0.5) is 5.69 Å². The largest absolute Gasteiger partial charge is 0.493 e. The van der Waals surface area contributed by atoms with Gasteiger partial charge in [-0.3, -0.25) is 9.69 Å². The second-order valence-corrected chi connectivity index (χ2v) is 7.72. The van der Waals surface area contributed by atoms with Crippen molar-refractivity contribution in [2.75, 3.05) is 40.2 Å². The van der Waals surface area contributed by atoms with Crippen molar-refractivity contribution in [3.05, 3.63) is 47.5 Å². The maximum absolute atomic E-state index is 12.6. The van der Waals surface area contributed by atoms with Crippen LogP contribution in [0.2, 0.25) is 0 Å². The fourth-order valence-electron chi connectivity index (χ4n) is 3.33. The summed E-state index contributed by atoms with van der Waals surface area (Å²) in [5, 5.41) is 17.8. The lowest BCUT2D eigenvalue weighted by Crippen LogP contribution is -2.30.